The molecule has 5 heteroatoms. The molecule has 22 heavy (non-hydrogen) atoms. The number of ether oxygens (including phenoxy) is 2. The smallest absolute Gasteiger partial charge is 0.310 e. The van der Waals surface area contributed by atoms with E-state index in [1.54, 1.807) is 0 Å². The van der Waals surface area contributed by atoms with Gasteiger partial charge < -0.3 is 14.8 Å². The van der Waals surface area contributed by atoms with Gasteiger partial charge in [-0.3, -0.25) is 9.59 Å². The van der Waals surface area contributed by atoms with Gasteiger partial charge in [0.1, 0.15) is 11.9 Å². The molecule has 116 valence electrons. The minimum atomic E-state index is -0.258. The first-order chi connectivity index (χ1) is 10.7. The normalized spacial score (nSPS) is 34.6. The third-order valence-electron chi connectivity index (χ3n) is 5.23. The number of fused-ring (bicyclic) bond motifs is 1. The number of carbonyl (C=O) groups excluding carboxylic acids is 2. The SMILES string of the molecule is CCOc1ccccc1NC(=O)[C@@H]1[C@@H]2C[C@@H]3[C@@H]1C(=O)O[C@H]3C2. The van der Waals surface area contributed by atoms with Gasteiger partial charge in [-0.2, -0.15) is 0 Å². The van der Waals surface area contributed by atoms with Crippen molar-refractivity contribution < 1.29 is 19.1 Å². The maximum absolute atomic E-state index is 12.7. The van der Waals surface area contributed by atoms with Crippen LogP contribution in [0.3, 0.4) is 0 Å². The summed E-state index contributed by atoms with van der Waals surface area (Å²) in [5, 5.41) is 2.95. The Hall–Kier alpha value is -2.04. The van der Waals surface area contributed by atoms with Gasteiger partial charge in [-0.1, -0.05) is 12.1 Å². The van der Waals surface area contributed by atoms with E-state index < -0.39 is 0 Å². The summed E-state index contributed by atoms with van der Waals surface area (Å²) in [5.74, 6) is 0.401. The largest absolute Gasteiger partial charge is 0.492 e. The molecule has 5 atom stereocenters. The first-order valence-electron chi connectivity index (χ1n) is 7.92. The second-order valence-electron chi connectivity index (χ2n) is 6.34. The number of hydrogen-bond acceptors (Lipinski definition) is 4. The second-order valence-corrected chi connectivity index (χ2v) is 6.34. The molecule has 5 nitrogen and oxygen atoms in total. The molecule has 1 aromatic carbocycles. The Balaban J connectivity index is 1.55. The maximum Gasteiger partial charge on any atom is 0.310 e. The summed E-state index contributed by atoms with van der Waals surface area (Å²) >= 11 is 0. The van der Waals surface area contributed by atoms with E-state index in [9.17, 15) is 9.59 Å². The standard InChI is InChI=1S/C17H19NO4/c1-2-21-12-6-4-3-5-11(12)18-16(19)14-9-7-10-13(8-9)22-17(20)15(10)14/h3-6,9-10,13-15H,2,7-8H2,1H3,(H,18,19)/t9-,10+,13+,14-,15+/m1/s1. The van der Waals surface area contributed by atoms with Crippen LogP contribution in [0, 0.1) is 23.7 Å². The van der Waals surface area contributed by atoms with Crippen molar-refractivity contribution in [2.24, 2.45) is 23.7 Å². The van der Waals surface area contributed by atoms with Crippen LogP contribution in [0.4, 0.5) is 5.69 Å². The van der Waals surface area contributed by atoms with Crippen molar-refractivity contribution in [1.82, 2.24) is 0 Å². The Labute approximate surface area is 129 Å². The zero-order valence-corrected chi connectivity index (χ0v) is 12.5. The van der Waals surface area contributed by atoms with Crippen LogP contribution in [0.1, 0.15) is 19.8 Å². The van der Waals surface area contributed by atoms with Gasteiger partial charge in [0, 0.05) is 5.92 Å². The Morgan fingerprint density at radius 3 is 3.00 bits per heavy atom. The minimum Gasteiger partial charge on any atom is -0.492 e. The lowest BCUT2D eigenvalue weighted by atomic mass is 9.79. The zero-order valence-electron chi connectivity index (χ0n) is 12.5. The number of esters is 1. The highest BCUT2D eigenvalue weighted by atomic mass is 16.6. The predicted molar refractivity (Wildman–Crippen MR) is 79.3 cm³/mol. The van der Waals surface area contributed by atoms with Gasteiger partial charge in [-0.15, -0.1) is 0 Å². The molecule has 1 aromatic rings. The number of benzene rings is 1. The molecule has 1 aliphatic heterocycles. The van der Waals surface area contributed by atoms with Crippen molar-refractivity contribution in [1.29, 1.82) is 0 Å². The lowest BCUT2D eigenvalue weighted by Gasteiger charge is -2.24. The van der Waals surface area contributed by atoms with Crippen molar-refractivity contribution in [3.8, 4) is 5.75 Å². The molecule has 1 heterocycles. The summed E-state index contributed by atoms with van der Waals surface area (Å²) in [6, 6.07) is 7.39. The van der Waals surface area contributed by atoms with Crippen LogP contribution < -0.4 is 10.1 Å². The number of carbonyl (C=O) groups is 2. The Kier molecular flexibility index (Phi) is 3.10. The summed E-state index contributed by atoms with van der Waals surface area (Å²) in [7, 11) is 0. The van der Waals surface area contributed by atoms with Crippen LogP contribution in [0.25, 0.3) is 0 Å². The molecule has 0 radical (unpaired) electrons. The number of anilines is 1. The Morgan fingerprint density at radius 2 is 2.18 bits per heavy atom. The van der Waals surface area contributed by atoms with E-state index in [1.807, 2.05) is 31.2 Å². The van der Waals surface area contributed by atoms with E-state index in [-0.39, 0.29) is 41.7 Å². The summed E-state index contributed by atoms with van der Waals surface area (Å²) in [5.41, 5.74) is 0.667. The number of nitrogens with one attached hydrogen (secondary N) is 1. The van der Waals surface area contributed by atoms with Crippen molar-refractivity contribution in [3.63, 3.8) is 0 Å². The van der Waals surface area contributed by atoms with E-state index in [2.05, 4.69) is 5.32 Å². The van der Waals surface area contributed by atoms with E-state index in [0.717, 1.165) is 12.8 Å². The minimum absolute atomic E-state index is 0.0576. The van der Waals surface area contributed by atoms with Gasteiger partial charge in [0.05, 0.1) is 24.1 Å². The van der Waals surface area contributed by atoms with E-state index in [0.29, 0.717) is 18.0 Å². The van der Waals surface area contributed by atoms with Gasteiger partial charge in [-0.05, 0) is 37.8 Å². The van der Waals surface area contributed by atoms with Gasteiger partial charge in [0.2, 0.25) is 5.91 Å². The summed E-state index contributed by atoms with van der Waals surface area (Å²) in [6.07, 6.45) is 1.83. The van der Waals surface area contributed by atoms with Crippen LogP contribution in [-0.2, 0) is 14.3 Å². The van der Waals surface area contributed by atoms with Gasteiger partial charge in [-0.25, -0.2) is 0 Å². The molecule has 1 N–H and O–H groups in total. The predicted octanol–water partition coefficient (Wildman–Crippen LogP) is 2.22. The van der Waals surface area contributed by atoms with Crippen LogP contribution in [-0.4, -0.2) is 24.6 Å². The summed E-state index contributed by atoms with van der Waals surface area (Å²) in [6.45, 7) is 2.45. The first kappa shape index (κ1) is 13.6. The Morgan fingerprint density at radius 1 is 1.36 bits per heavy atom. The lowest BCUT2D eigenvalue weighted by Crippen LogP contribution is -2.35. The number of para-hydroxylation sites is 2. The maximum atomic E-state index is 12.7. The van der Waals surface area contributed by atoms with Gasteiger partial charge >= 0.3 is 5.97 Å². The van der Waals surface area contributed by atoms with Gasteiger partial charge in [0.25, 0.3) is 0 Å². The highest BCUT2D eigenvalue weighted by Crippen LogP contribution is 2.57. The molecule has 2 aliphatic carbocycles. The molecule has 1 saturated heterocycles. The monoisotopic (exact) mass is 301 g/mol. The number of amides is 1. The van der Waals surface area contributed by atoms with Crippen LogP contribution in [0.5, 0.6) is 5.75 Å². The van der Waals surface area contributed by atoms with Crippen molar-refractivity contribution in [3.05, 3.63) is 24.3 Å². The van der Waals surface area contributed by atoms with Crippen molar-refractivity contribution in [2.75, 3.05) is 11.9 Å². The third-order valence-corrected chi connectivity index (χ3v) is 5.23. The van der Waals surface area contributed by atoms with Crippen LogP contribution in [0.2, 0.25) is 0 Å². The molecule has 0 spiro atoms. The van der Waals surface area contributed by atoms with Crippen LogP contribution in [0.15, 0.2) is 24.3 Å². The molecule has 0 aromatic heterocycles. The van der Waals surface area contributed by atoms with Crippen LogP contribution >= 0.6 is 0 Å². The fourth-order valence-corrected chi connectivity index (χ4v) is 4.43. The van der Waals surface area contributed by atoms with E-state index in [1.165, 1.54) is 0 Å². The molecular weight excluding hydrogens is 282 g/mol. The average molecular weight is 301 g/mol. The van der Waals surface area contributed by atoms with Gasteiger partial charge in [0.15, 0.2) is 0 Å². The fourth-order valence-electron chi connectivity index (χ4n) is 4.43. The molecule has 2 bridgehead atoms. The lowest BCUT2D eigenvalue weighted by molar-refractivity contribution is -0.145. The first-order valence-corrected chi connectivity index (χ1v) is 7.92. The molecule has 3 aliphatic rings. The molecule has 1 amide bonds. The molecule has 4 rings (SSSR count). The molecule has 0 unspecified atom stereocenters. The third kappa shape index (κ3) is 1.91. The molecule has 3 fully saturated rings. The Bertz CT molecular complexity index is 627. The fraction of sp³-hybridized carbons (Fsp3) is 0.529. The topological polar surface area (TPSA) is 64.6 Å². The van der Waals surface area contributed by atoms with Crippen molar-refractivity contribution in [2.45, 2.75) is 25.9 Å². The highest BCUT2D eigenvalue weighted by molar-refractivity contribution is 5.97. The summed E-state index contributed by atoms with van der Waals surface area (Å²) < 4.78 is 10.9. The van der Waals surface area contributed by atoms with Crippen molar-refractivity contribution >= 4 is 17.6 Å². The summed E-state index contributed by atoms with van der Waals surface area (Å²) in [4.78, 5) is 24.7. The highest BCUT2D eigenvalue weighted by Gasteiger charge is 2.63. The zero-order chi connectivity index (χ0) is 15.3. The molecule has 2 saturated carbocycles. The number of hydrogen-bond donors (Lipinski definition) is 1. The quantitative estimate of drug-likeness (QED) is 0.866. The molecular formula is C17H19NO4. The van der Waals surface area contributed by atoms with E-state index in [4.69, 9.17) is 9.47 Å². The average Bonchev–Trinajstić information content (AvgIpc) is 3.11. The number of rotatable bonds is 4. The second kappa shape index (κ2) is 5.00. The van der Waals surface area contributed by atoms with E-state index >= 15 is 0 Å².